The molecule has 2 N–H and O–H groups in total. The molecule has 178 valence electrons. The van der Waals surface area contributed by atoms with Crippen LogP contribution in [0, 0.1) is 0 Å². The van der Waals surface area contributed by atoms with Gasteiger partial charge in [-0.3, -0.25) is 14.5 Å². The maximum atomic E-state index is 12.5. The first kappa shape index (κ1) is 25.5. The summed E-state index contributed by atoms with van der Waals surface area (Å²) in [5, 5.41) is 5.83. The monoisotopic (exact) mass is 447 g/mol. The Labute approximate surface area is 191 Å². The molecule has 1 atom stereocenters. The van der Waals surface area contributed by atoms with Gasteiger partial charge in [-0.2, -0.15) is 0 Å². The first-order valence-corrected chi connectivity index (χ1v) is 11.8. The highest BCUT2D eigenvalue weighted by Gasteiger charge is 2.26. The molecule has 1 aliphatic rings. The molecule has 8 heteroatoms. The Kier molecular flexibility index (Phi) is 11.4. The van der Waals surface area contributed by atoms with E-state index in [-0.39, 0.29) is 24.6 Å². The predicted octanol–water partition coefficient (Wildman–Crippen LogP) is 3.64. The summed E-state index contributed by atoms with van der Waals surface area (Å²) < 4.78 is 11.2. The van der Waals surface area contributed by atoms with Crippen molar-refractivity contribution in [2.75, 3.05) is 19.7 Å². The fourth-order valence-electron chi connectivity index (χ4n) is 3.53. The van der Waals surface area contributed by atoms with E-state index in [4.69, 9.17) is 9.47 Å². The van der Waals surface area contributed by atoms with Crippen LogP contribution < -0.4 is 20.1 Å². The zero-order valence-corrected chi connectivity index (χ0v) is 19.3. The number of benzene rings is 1. The van der Waals surface area contributed by atoms with E-state index >= 15 is 0 Å². The summed E-state index contributed by atoms with van der Waals surface area (Å²) in [6.07, 6.45) is 7.25. The third-order valence-corrected chi connectivity index (χ3v) is 5.45. The predicted molar refractivity (Wildman–Crippen MR) is 123 cm³/mol. The Balaban J connectivity index is 1.67. The van der Waals surface area contributed by atoms with Crippen LogP contribution in [0.15, 0.2) is 24.3 Å². The molecular formula is C24H37N3O5. The standard InChI is InChI=1S/C24H37N3O5/c1-3-5-11-19(12-6-4-2)26-24(30)27(18-28)16-10-9-15-25-23(29)22-17-31-20-13-7-8-14-21(20)32-22/h7-8,13-14,18-19,22H,3-6,9-12,15-17H2,1-2H3,(H,25,29)(H,26,30). The van der Waals surface area contributed by atoms with Crippen LogP contribution in [0.2, 0.25) is 0 Å². The van der Waals surface area contributed by atoms with Gasteiger partial charge in [0.1, 0.15) is 6.61 Å². The Bertz CT molecular complexity index is 719. The first-order chi connectivity index (χ1) is 15.6. The van der Waals surface area contributed by atoms with Crippen LogP contribution in [0.3, 0.4) is 0 Å². The molecule has 4 amide bonds. The number of ether oxygens (including phenoxy) is 2. The smallest absolute Gasteiger partial charge is 0.324 e. The van der Waals surface area contributed by atoms with Crippen molar-refractivity contribution in [1.29, 1.82) is 0 Å². The van der Waals surface area contributed by atoms with Crippen molar-refractivity contribution in [3.05, 3.63) is 24.3 Å². The second-order valence-corrected chi connectivity index (χ2v) is 8.09. The Morgan fingerprint density at radius 1 is 1.09 bits per heavy atom. The molecule has 1 aromatic rings. The number of para-hydroxylation sites is 2. The molecule has 32 heavy (non-hydrogen) atoms. The number of amides is 4. The van der Waals surface area contributed by atoms with Gasteiger partial charge >= 0.3 is 6.03 Å². The minimum atomic E-state index is -0.690. The molecule has 0 bridgehead atoms. The summed E-state index contributed by atoms with van der Waals surface area (Å²) in [5.74, 6) is 0.956. The molecule has 1 aromatic carbocycles. The molecular weight excluding hydrogens is 410 g/mol. The number of carbonyl (C=O) groups excluding carboxylic acids is 3. The van der Waals surface area contributed by atoms with E-state index in [1.54, 1.807) is 12.1 Å². The van der Waals surface area contributed by atoms with Crippen molar-refractivity contribution in [1.82, 2.24) is 15.5 Å². The van der Waals surface area contributed by atoms with Crippen LogP contribution >= 0.6 is 0 Å². The highest BCUT2D eigenvalue weighted by Crippen LogP contribution is 2.30. The van der Waals surface area contributed by atoms with E-state index in [1.165, 1.54) is 4.90 Å². The topological polar surface area (TPSA) is 97.0 Å². The van der Waals surface area contributed by atoms with Gasteiger partial charge in [-0.15, -0.1) is 0 Å². The van der Waals surface area contributed by atoms with Crippen molar-refractivity contribution in [2.45, 2.75) is 77.4 Å². The number of hydrogen-bond acceptors (Lipinski definition) is 5. The lowest BCUT2D eigenvalue weighted by molar-refractivity contribution is -0.130. The highest BCUT2D eigenvalue weighted by molar-refractivity contribution is 5.84. The van der Waals surface area contributed by atoms with Gasteiger partial charge in [-0.25, -0.2) is 4.79 Å². The van der Waals surface area contributed by atoms with Crippen LogP contribution in [-0.4, -0.2) is 55.1 Å². The highest BCUT2D eigenvalue weighted by atomic mass is 16.6. The molecule has 0 fully saturated rings. The SMILES string of the molecule is CCCCC(CCCC)NC(=O)N(C=O)CCCCNC(=O)C1COc2ccccc2O1. The average molecular weight is 448 g/mol. The molecule has 8 nitrogen and oxygen atoms in total. The molecule has 0 saturated carbocycles. The fourth-order valence-corrected chi connectivity index (χ4v) is 3.53. The lowest BCUT2D eigenvalue weighted by atomic mass is 10.0. The summed E-state index contributed by atoms with van der Waals surface area (Å²) in [6, 6.07) is 7.01. The summed E-state index contributed by atoms with van der Waals surface area (Å²) >= 11 is 0. The van der Waals surface area contributed by atoms with Crippen LogP contribution in [0.25, 0.3) is 0 Å². The van der Waals surface area contributed by atoms with Gasteiger partial charge in [0.15, 0.2) is 11.5 Å². The quantitative estimate of drug-likeness (QED) is 0.335. The van der Waals surface area contributed by atoms with Gasteiger partial charge < -0.3 is 20.1 Å². The van der Waals surface area contributed by atoms with Crippen LogP contribution in [0.4, 0.5) is 4.79 Å². The van der Waals surface area contributed by atoms with Gasteiger partial charge in [0.05, 0.1) is 0 Å². The van der Waals surface area contributed by atoms with Gasteiger partial charge in [0.25, 0.3) is 5.91 Å². The zero-order chi connectivity index (χ0) is 23.2. The second-order valence-electron chi connectivity index (χ2n) is 8.09. The zero-order valence-electron chi connectivity index (χ0n) is 19.3. The maximum absolute atomic E-state index is 12.5. The van der Waals surface area contributed by atoms with Crippen molar-refractivity contribution in [2.24, 2.45) is 0 Å². The molecule has 0 saturated heterocycles. The largest absolute Gasteiger partial charge is 0.485 e. The van der Waals surface area contributed by atoms with E-state index in [2.05, 4.69) is 24.5 Å². The van der Waals surface area contributed by atoms with Gasteiger partial charge in [0, 0.05) is 19.1 Å². The Hall–Kier alpha value is -2.77. The minimum absolute atomic E-state index is 0.104. The third-order valence-electron chi connectivity index (χ3n) is 5.45. The molecule has 0 aromatic heterocycles. The first-order valence-electron chi connectivity index (χ1n) is 11.8. The van der Waals surface area contributed by atoms with E-state index in [1.807, 2.05) is 12.1 Å². The number of imide groups is 1. The number of nitrogens with one attached hydrogen (secondary N) is 2. The summed E-state index contributed by atoms with van der Waals surface area (Å²) in [4.78, 5) is 37.4. The van der Waals surface area contributed by atoms with Gasteiger partial charge in [-0.1, -0.05) is 51.7 Å². The van der Waals surface area contributed by atoms with Crippen LogP contribution in [-0.2, 0) is 9.59 Å². The fraction of sp³-hybridized carbons (Fsp3) is 0.625. The summed E-state index contributed by atoms with van der Waals surface area (Å²) in [7, 11) is 0. The Morgan fingerprint density at radius 3 is 2.44 bits per heavy atom. The third kappa shape index (κ3) is 8.40. The van der Waals surface area contributed by atoms with Crippen molar-refractivity contribution in [3.8, 4) is 11.5 Å². The second kappa shape index (κ2) is 14.3. The number of rotatable bonds is 14. The van der Waals surface area contributed by atoms with Crippen molar-refractivity contribution < 1.29 is 23.9 Å². The molecule has 1 aliphatic heterocycles. The molecule has 0 spiro atoms. The number of carbonyl (C=O) groups is 3. The van der Waals surface area contributed by atoms with E-state index in [0.29, 0.717) is 43.8 Å². The van der Waals surface area contributed by atoms with E-state index in [0.717, 1.165) is 38.5 Å². The van der Waals surface area contributed by atoms with Crippen LogP contribution in [0.1, 0.15) is 65.2 Å². The normalized spacial score (nSPS) is 14.7. The lowest BCUT2D eigenvalue weighted by Crippen LogP contribution is -2.45. The number of fused-ring (bicyclic) bond motifs is 1. The number of nitrogens with zero attached hydrogens (tertiary/aromatic N) is 1. The van der Waals surface area contributed by atoms with E-state index < -0.39 is 6.10 Å². The molecule has 0 aliphatic carbocycles. The minimum Gasteiger partial charge on any atom is -0.485 e. The maximum Gasteiger partial charge on any atom is 0.324 e. The molecule has 2 rings (SSSR count). The molecule has 0 radical (unpaired) electrons. The number of unbranched alkanes of at least 4 members (excludes halogenated alkanes) is 3. The van der Waals surface area contributed by atoms with Gasteiger partial charge in [0.2, 0.25) is 12.5 Å². The summed E-state index contributed by atoms with van der Waals surface area (Å²) in [5.41, 5.74) is 0. The van der Waals surface area contributed by atoms with Gasteiger partial charge in [-0.05, 0) is 37.8 Å². The molecule has 1 unspecified atom stereocenters. The van der Waals surface area contributed by atoms with Crippen molar-refractivity contribution >= 4 is 18.3 Å². The Morgan fingerprint density at radius 2 is 1.78 bits per heavy atom. The van der Waals surface area contributed by atoms with E-state index in [9.17, 15) is 14.4 Å². The molecule has 1 heterocycles. The number of urea groups is 1. The van der Waals surface area contributed by atoms with Crippen LogP contribution in [0.5, 0.6) is 11.5 Å². The summed E-state index contributed by atoms with van der Waals surface area (Å²) in [6.45, 7) is 5.17. The van der Waals surface area contributed by atoms with Crippen molar-refractivity contribution in [3.63, 3.8) is 0 Å². The number of hydrogen-bond donors (Lipinski definition) is 2. The lowest BCUT2D eigenvalue weighted by Gasteiger charge is -2.25. The average Bonchev–Trinajstić information content (AvgIpc) is 2.82.